The molecule has 1 aliphatic carbocycles. The standard InChI is InChI=1S/C19H32N2O2/c1-15-5-4-11-20(13-15)18(22)8-9-19(23)21-12-10-16-6-2-3-7-17(16)14-21/h15-17H,2-14H2,1H3. The highest BCUT2D eigenvalue weighted by atomic mass is 16.2. The topological polar surface area (TPSA) is 40.6 Å². The van der Waals surface area contributed by atoms with Crippen molar-refractivity contribution in [3.8, 4) is 0 Å². The zero-order chi connectivity index (χ0) is 16.2. The Hall–Kier alpha value is -1.06. The second-order valence-corrected chi connectivity index (χ2v) is 8.02. The second kappa shape index (κ2) is 7.67. The van der Waals surface area contributed by atoms with E-state index in [0.29, 0.717) is 18.8 Å². The number of fused-ring (bicyclic) bond motifs is 1. The van der Waals surface area contributed by atoms with E-state index < -0.39 is 0 Å². The molecule has 0 radical (unpaired) electrons. The molecule has 0 aromatic heterocycles. The predicted octanol–water partition coefficient (Wildman–Crippen LogP) is 3.06. The molecule has 3 unspecified atom stereocenters. The fourth-order valence-corrected chi connectivity index (χ4v) is 4.77. The molecule has 3 rings (SSSR count). The van der Waals surface area contributed by atoms with Crippen LogP contribution in [0.2, 0.25) is 0 Å². The zero-order valence-electron chi connectivity index (χ0n) is 14.6. The van der Waals surface area contributed by atoms with Gasteiger partial charge in [-0.05, 0) is 43.4 Å². The minimum absolute atomic E-state index is 0.178. The van der Waals surface area contributed by atoms with Crippen molar-refractivity contribution in [3.63, 3.8) is 0 Å². The van der Waals surface area contributed by atoms with Crippen molar-refractivity contribution in [2.75, 3.05) is 26.2 Å². The van der Waals surface area contributed by atoms with E-state index in [1.807, 2.05) is 9.80 Å². The van der Waals surface area contributed by atoms with Gasteiger partial charge in [0.05, 0.1) is 0 Å². The number of amides is 2. The van der Waals surface area contributed by atoms with Gasteiger partial charge in [-0.25, -0.2) is 0 Å². The first-order valence-corrected chi connectivity index (χ1v) is 9.69. The van der Waals surface area contributed by atoms with E-state index in [2.05, 4.69) is 6.92 Å². The molecule has 4 nitrogen and oxygen atoms in total. The van der Waals surface area contributed by atoms with Crippen LogP contribution in [0.1, 0.15) is 64.7 Å². The molecular weight excluding hydrogens is 288 g/mol. The van der Waals surface area contributed by atoms with E-state index in [1.54, 1.807) is 0 Å². The first-order valence-electron chi connectivity index (χ1n) is 9.69. The van der Waals surface area contributed by atoms with Crippen LogP contribution >= 0.6 is 0 Å². The van der Waals surface area contributed by atoms with E-state index in [4.69, 9.17) is 0 Å². The quantitative estimate of drug-likeness (QED) is 0.802. The smallest absolute Gasteiger partial charge is 0.223 e. The van der Waals surface area contributed by atoms with Gasteiger partial charge in [0.1, 0.15) is 0 Å². The Morgan fingerprint density at radius 2 is 1.43 bits per heavy atom. The number of hydrogen-bond donors (Lipinski definition) is 0. The van der Waals surface area contributed by atoms with Crippen molar-refractivity contribution in [1.29, 1.82) is 0 Å². The summed E-state index contributed by atoms with van der Waals surface area (Å²) in [6.07, 6.45) is 9.66. The third-order valence-electron chi connectivity index (χ3n) is 6.21. The normalized spacial score (nSPS) is 31.6. The molecule has 0 aromatic rings. The second-order valence-electron chi connectivity index (χ2n) is 8.02. The Balaban J connectivity index is 1.43. The van der Waals surface area contributed by atoms with Gasteiger partial charge in [0.2, 0.25) is 11.8 Å². The summed E-state index contributed by atoms with van der Waals surface area (Å²) in [5.74, 6) is 2.56. The molecule has 23 heavy (non-hydrogen) atoms. The summed E-state index contributed by atoms with van der Waals surface area (Å²) >= 11 is 0. The van der Waals surface area contributed by atoms with Crippen LogP contribution in [0, 0.1) is 17.8 Å². The largest absolute Gasteiger partial charge is 0.342 e. The lowest BCUT2D eigenvalue weighted by Gasteiger charge is -2.41. The highest BCUT2D eigenvalue weighted by molar-refractivity contribution is 5.84. The molecule has 3 fully saturated rings. The summed E-state index contributed by atoms with van der Waals surface area (Å²) < 4.78 is 0. The summed E-state index contributed by atoms with van der Waals surface area (Å²) in [4.78, 5) is 28.8. The summed E-state index contributed by atoms with van der Waals surface area (Å²) in [7, 11) is 0. The molecule has 4 heteroatoms. The molecule has 130 valence electrons. The Kier molecular flexibility index (Phi) is 5.60. The van der Waals surface area contributed by atoms with E-state index in [0.717, 1.165) is 44.4 Å². The number of carbonyl (C=O) groups excluding carboxylic acids is 2. The molecule has 0 spiro atoms. The molecular formula is C19H32N2O2. The van der Waals surface area contributed by atoms with Crippen LogP contribution in [0.4, 0.5) is 0 Å². The summed E-state index contributed by atoms with van der Waals surface area (Å²) in [6.45, 7) is 5.82. The maximum Gasteiger partial charge on any atom is 0.223 e. The van der Waals surface area contributed by atoms with Crippen LogP contribution < -0.4 is 0 Å². The number of likely N-dealkylation sites (tertiary alicyclic amines) is 2. The number of rotatable bonds is 3. The SMILES string of the molecule is CC1CCCN(C(=O)CCC(=O)N2CCC3CCCCC3C2)C1. The maximum atomic E-state index is 12.5. The lowest BCUT2D eigenvalue weighted by atomic mass is 9.75. The van der Waals surface area contributed by atoms with Gasteiger partial charge in [0.15, 0.2) is 0 Å². The Morgan fingerprint density at radius 3 is 2.13 bits per heavy atom. The monoisotopic (exact) mass is 320 g/mol. The van der Waals surface area contributed by atoms with Gasteiger partial charge in [0, 0.05) is 39.0 Å². The van der Waals surface area contributed by atoms with Gasteiger partial charge < -0.3 is 9.80 Å². The molecule has 2 heterocycles. The molecule has 1 saturated carbocycles. The minimum atomic E-state index is 0.178. The first kappa shape index (κ1) is 16.8. The third-order valence-corrected chi connectivity index (χ3v) is 6.21. The van der Waals surface area contributed by atoms with Crippen molar-refractivity contribution in [3.05, 3.63) is 0 Å². The van der Waals surface area contributed by atoms with Crippen LogP contribution in [0.25, 0.3) is 0 Å². The van der Waals surface area contributed by atoms with Gasteiger partial charge in [-0.15, -0.1) is 0 Å². The van der Waals surface area contributed by atoms with E-state index in [-0.39, 0.29) is 11.8 Å². The average Bonchev–Trinajstić information content (AvgIpc) is 2.59. The van der Waals surface area contributed by atoms with Crippen molar-refractivity contribution in [2.45, 2.75) is 64.7 Å². The maximum absolute atomic E-state index is 12.5. The molecule has 0 aromatic carbocycles. The number of hydrogen-bond acceptors (Lipinski definition) is 2. The van der Waals surface area contributed by atoms with Crippen LogP contribution in [0.3, 0.4) is 0 Å². The van der Waals surface area contributed by atoms with Crippen molar-refractivity contribution in [1.82, 2.24) is 9.80 Å². The Labute approximate surface area is 140 Å². The Morgan fingerprint density at radius 1 is 0.783 bits per heavy atom. The molecule has 2 saturated heterocycles. The zero-order valence-corrected chi connectivity index (χ0v) is 14.6. The molecule has 3 atom stereocenters. The van der Waals surface area contributed by atoms with Crippen LogP contribution in [-0.4, -0.2) is 47.8 Å². The lowest BCUT2D eigenvalue weighted by molar-refractivity contribution is -0.139. The molecule has 0 bridgehead atoms. The Bertz CT molecular complexity index is 437. The van der Waals surface area contributed by atoms with E-state index >= 15 is 0 Å². The van der Waals surface area contributed by atoms with Gasteiger partial charge in [-0.1, -0.05) is 26.2 Å². The van der Waals surface area contributed by atoms with E-state index in [9.17, 15) is 9.59 Å². The third kappa shape index (κ3) is 4.27. The first-order chi connectivity index (χ1) is 11.1. The average molecular weight is 320 g/mol. The summed E-state index contributed by atoms with van der Waals surface area (Å²) in [6, 6.07) is 0. The van der Waals surface area contributed by atoms with Crippen LogP contribution in [-0.2, 0) is 9.59 Å². The highest BCUT2D eigenvalue weighted by Crippen LogP contribution is 2.36. The highest BCUT2D eigenvalue weighted by Gasteiger charge is 2.33. The molecule has 2 amide bonds. The van der Waals surface area contributed by atoms with Gasteiger partial charge in [-0.2, -0.15) is 0 Å². The fraction of sp³-hybridized carbons (Fsp3) is 0.895. The lowest BCUT2D eigenvalue weighted by Crippen LogP contribution is -2.45. The number of carbonyl (C=O) groups is 2. The number of piperidine rings is 2. The fourth-order valence-electron chi connectivity index (χ4n) is 4.77. The summed E-state index contributed by atoms with van der Waals surface area (Å²) in [5.41, 5.74) is 0. The number of nitrogens with zero attached hydrogens (tertiary/aromatic N) is 2. The van der Waals surface area contributed by atoms with Crippen LogP contribution in [0.5, 0.6) is 0 Å². The van der Waals surface area contributed by atoms with Crippen molar-refractivity contribution in [2.24, 2.45) is 17.8 Å². The summed E-state index contributed by atoms with van der Waals surface area (Å²) in [5, 5.41) is 0. The molecule has 2 aliphatic heterocycles. The van der Waals surface area contributed by atoms with E-state index in [1.165, 1.54) is 38.5 Å². The van der Waals surface area contributed by atoms with Crippen molar-refractivity contribution < 1.29 is 9.59 Å². The van der Waals surface area contributed by atoms with Gasteiger partial charge in [-0.3, -0.25) is 9.59 Å². The molecule has 0 N–H and O–H groups in total. The minimum Gasteiger partial charge on any atom is -0.342 e. The van der Waals surface area contributed by atoms with Crippen molar-refractivity contribution >= 4 is 11.8 Å². The van der Waals surface area contributed by atoms with Gasteiger partial charge >= 0.3 is 0 Å². The van der Waals surface area contributed by atoms with Crippen LogP contribution in [0.15, 0.2) is 0 Å². The molecule has 3 aliphatic rings. The van der Waals surface area contributed by atoms with Gasteiger partial charge in [0.25, 0.3) is 0 Å². The predicted molar refractivity (Wildman–Crippen MR) is 90.9 cm³/mol.